The minimum absolute atomic E-state index is 0.187. The Bertz CT molecular complexity index is 780. The van der Waals surface area contributed by atoms with Crippen molar-refractivity contribution in [1.29, 1.82) is 0 Å². The van der Waals surface area contributed by atoms with Gasteiger partial charge in [0.1, 0.15) is 11.3 Å². The van der Waals surface area contributed by atoms with E-state index in [0.717, 1.165) is 37.5 Å². The van der Waals surface area contributed by atoms with E-state index in [9.17, 15) is 0 Å². The van der Waals surface area contributed by atoms with Crippen molar-refractivity contribution in [2.24, 2.45) is 0 Å². The molecule has 3 aromatic rings. The van der Waals surface area contributed by atoms with Crippen LogP contribution in [0.15, 0.2) is 59.0 Å². The first-order valence-electron chi connectivity index (χ1n) is 8.68. The molecule has 1 fully saturated rings. The second-order valence-corrected chi connectivity index (χ2v) is 6.84. The molecule has 4 rings (SSSR count). The molecular weight excluding hydrogens is 296 g/mol. The third-order valence-corrected chi connectivity index (χ3v) is 5.01. The number of likely N-dealkylation sites (N-methyl/N-ethyl adjacent to an activating group) is 1. The maximum Gasteiger partial charge on any atom is 0.134 e. The number of piperazine rings is 1. The summed E-state index contributed by atoms with van der Waals surface area (Å²) in [6, 6.07) is 19.5. The zero-order valence-corrected chi connectivity index (χ0v) is 14.4. The van der Waals surface area contributed by atoms with Gasteiger partial charge in [-0.2, -0.15) is 0 Å². The minimum Gasteiger partial charge on any atom is -0.459 e. The molecule has 3 heteroatoms. The normalized spacial score (nSPS) is 18.1. The Kier molecular flexibility index (Phi) is 4.13. The summed E-state index contributed by atoms with van der Waals surface area (Å²) in [6.45, 7) is 6.46. The van der Waals surface area contributed by atoms with Gasteiger partial charge in [-0.15, -0.1) is 0 Å². The highest BCUT2D eigenvalue weighted by atomic mass is 16.3. The molecule has 0 saturated carbocycles. The van der Waals surface area contributed by atoms with Crippen molar-refractivity contribution >= 4 is 11.0 Å². The zero-order chi connectivity index (χ0) is 16.5. The molecule has 2 aromatic carbocycles. The van der Waals surface area contributed by atoms with Gasteiger partial charge in [0.25, 0.3) is 0 Å². The van der Waals surface area contributed by atoms with Crippen LogP contribution in [0.2, 0.25) is 0 Å². The molecule has 0 radical (unpaired) electrons. The van der Waals surface area contributed by atoms with E-state index in [0.29, 0.717) is 0 Å². The molecule has 0 bridgehead atoms. The number of fused-ring (bicyclic) bond motifs is 1. The Hall–Kier alpha value is -2.10. The Morgan fingerprint density at radius 1 is 0.917 bits per heavy atom. The van der Waals surface area contributed by atoms with E-state index < -0.39 is 0 Å². The largest absolute Gasteiger partial charge is 0.459 e. The summed E-state index contributed by atoms with van der Waals surface area (Å²) in [5.74, 6) is 1.05. The summed E-state index contributed by atoms with van der Waals surface area (Å²) in [7, 11) is 2.19. The van der Waals surface area contributed by atoms with E-state index in [4.69, 9.17) is 4.42 Å². The molecule has 1 saturated heterocycles. The summed E-state index contributed by atoms with van der Waals surface area (Å²) in [5.41, 5.74) is 3.57. The van der Waals surface area contributed by atoms with Crippen LogP contribution in [-0.4, -0.2) is 43.0 Å². The van der Waals surface area contributed by atoms with Gasteiger partial charge in [-0.3, -0.25) is 4.90 Å². The smallest absolute Gasteiger partial charge is 0.134 e. The number of furan rings is 1. The summed E-state index contributed by atoms with van der Waals surface area (Å²) < 4.78 is 6.24. The highest BCUT2D eigenvalue weighted by Crippen LogP contribution is 2.33. The second kappa shape index (κ2) is 6.42. The van der Waals surface area contributed by atoms with Gasteiger partial charge in [-0.25, -0.2) is 0 Å². The van der Waals surface area contributed by atoms with Crippen LogP contribution in [0.25, 0.3) is 11.0 Å². The number of nitrogens with zero attached hydrogens (tertiary/aromatic N) is 2. The van der Waals surface area contributed by atoms with Crippen molar-refractivity contribution in [3.63, 3.8) is 0 Å². The van der Waals surface area contributed by atoms with E-state index in [1.807, 2.05) is 6.07 Å². The minimum atomic E-state index is 0.187. The Morgan fingerprint density at radius 3 is 2.33 bits per heavy atom. The quantitative estimate of drug-likeness (QED) is 0.725. The molecular formula is C21H24N2O. The number of rotatable bonds is 3. The fourth-order valence-electron chi connectivity index (χ4n) is 3.52. The van der Waals surface area contributed by atoms with Crippen molar-refractivity contribution in [1.82, 2.24) is 9.80 Å². The zero-order valence-electron chi connectivity index (χ0n) is 14.4. The third-order valence-electron chi connectivity index (χ3n) is 5.01. The predicted molar refractivity (Wildman–Crippen MR) is 98.3 cm³/mol. The van der Waals surface area contributed by atoms with Crippen LogP contribution in [0.5, 0.6) is 0 Å². The van der Waals surface area contributed by atoms with Crippen molar-refractivity contribution in [2.75, 3.05) is 33.2 Å². The maximum absolute atomic E-state index is 6.24. The van der Waals surface area contributed by atoms with Gasteiger partial charge in [0, 0.05) is 31.6 Å². The average molecular weight is 320 g/mol. The van der Waals surface area contributed by atoms with Gasteiger partial charge in [0.2, 0.25) is 0 Å². The summed E-state index contributed by atoms with van der Waals surface area (Å²) in [5, 5.41) is 1.18. The Labute approximate surface area is 143 Å². The molecule has 0 spiro atoms. The Balaban J connectivity index is 1.75. The van der Waals surface area contributed by atoms with Gasteiger partial charge in [-0.05, 0) is 31.7 Å². The number of hydrogen-bond acceptors (Lipinski definition) is 3. The Morgan fingerprint density at radius 2 is 1.62 bits per heavy atom. The van der Waals surface area contributed by atoms with Crippen LogP contribution >= 0.6 is 0 Å². The molecule has 2 heterocycles. The number of aryl methyl sites for hydroxylation is 1. The first-order valence-corrected chi connectivity index (χ1v) is 8.68. The van der Waals surface area contributed by atoms with Gasteiger partial charge in [0.05, 0.1) is 6.04 Å². The molecule has 1 atom stereocenters. The highest BCUT2D eigenvalue weighted by molar-refractivity contribution is 5.78. The number of hydrogen-bond donors (Lipinski definition) is 0. The predicted octanol–water partition coefficient (Wildman–Crippen LogP) is 4.08. The summed E-state index contributed by atoms with van der Waals surface area (Å²) in [4.78, 5) is 4.93. The SMILES string of the molecule is Cc1ccc(C(c2cc3ccccc3o2)N2CCN(C)CC2)cc1. The molecule has 0 N–H and O–H groups in total. The summed E-state index contributed by atoms with van der Waals surface area (Å²) in [6.07, 6.45) is 0. The highest BCUT2D eigenvalue weighted by Gasteiger charge is 2.28. The second-order valence-electron chi connectivity index (χ2n) is 6.84. The van der Waals surface area contributed by atoms with E-state index >= 15 is 0 Å². The maximum atomic E-state index is 6.24. The first-order chi connectivity index (χ1) is 11.7. The lowest BCUT2D eigenvalue weighted by molar-refractivity contribution is 0.118. The lowest BCUT2D eigenvalue weighted by Gasteiger charge is -2.37. The molecule has 0 aliphatic carbocycles. The van der Waals surface area contributed by atoms with E-state index in [2.05, 4.69) is 72.3 Å². The average Bonchev–Trinajstić information content (AvgIpc) is 3.02. The van der Waals surface area contributed by atoms with E-state index in [1.54, 1.807) is 0 Å². The fraction of sp³-hybridized carbons (Fsp3) is 0.333. The van der Waals surface area contributed by atoms with E-state index in [1.165, 1.54) is 16.5 Å². The number of para-hydroxylation sites is 1. The van der Waals surface area contributed by atoms with Gasteiger partial charge < -0.3 is 9.32 Å². The monoisotopic (exact) mass is 320 g/mol. The third kappa shape index (κ3) is 2.97. The van der Waals surface area contributed by atoms with Crippen LogP contribution in [0.4, 0.5) is 0 Å². The van der Waals surface area contributed by atoms with Crippen LogP contribution in [0.1, 0.15) is 22.9 Å². The molecule has 1 aromatic heterocycles. The molecule has 1 aliphatic rings. The molecule has 24 heavy (non-hydrogen) atoms. The van der Waals surface area contributed by atoms with Crippen molar-refractivity contribution in [2.45, 2.75) is 13.0 Å². The molecule has 1 unspecified atom stereocenters. The molecule has 3 nitrogen and oxygen atoms in total. The van der Waals surface area contributed by atoms with Crippen molar-refractivity contribution < 1.29 is 4.42 Å². The first kappa shape index (κ1) is 15.4. The van der Waals surface area contributed by atoms with Crippen molar-refractivity contribution in [3.8, 4) is 0 Å². The van der Waals surface area contributed by atoms with Crippen LogP contribution in [0, 0.1) is 6.92 Å². The topological polar surface area (TPSA) is 19.6 Å². The van der Waals surface area contributed by atoms with Crippen molar-refractivity contribution in [3.05, 3.63) is 71.5 Å². The van der Waals surface area contributed by atoms with Crippen LogP contribution < -0.4 is 0 Å². The van der Waals surface area contributed by atoms with E-state index in [-0.39, 0.29) is 6.04 Å². The lowest BCUT2D eigenvalue weighted by Crippen LogP contribution is -2.46. The fourth-order valence-corrected chi connectivity index (χ4v) is 3.52. The van der Waals surface area contributed by atoms with Crippen LogP contribution in [0.3, 0.4) is 0 Å². The molecule has 0 amide bonds. The standard InChI is InChI=1S/C21H24N2O/c1-16-7-9-17(10-8-16)21(23-13-11-22(2)12-14-23)20-15-18-5-3-4-6-19(18)24-20/h3-10,15,21H,11-14H2,1-2H3. The van der Waals surface area contributed by atoms with Gasteiger partial charge >= 0.3 is 0 Å². The summed E-state index contributed by atoms with van der Waals surface area (Å²) >= 11 is 0. The van der Waals surface area contributed by atoms with Gasteiger partial charge in [0.15, 0.2) is 0 Å². The number of benzene rings is 2. The lowest BCUT2D eigenvalue weighted by atomic mass is 10.0. The van der Waals surface area contributed by atoms with Crippen LogP contribution in [-0.2, 0) is 0 Å². The van der Waals surface area contributed by atoms with Gasteiger partial charge in [-0.1, -0.05) is 48.0 Å². The molecule has 124 valence electrons. The molecule has 1 aliphatic heterocycles.